The highest BCUT2D eigenvalue weighted by Crippen LogP contribution is 2.08. The van der Waals surface area contributed by atoms with E-state index in [1.54, 1.807) is 0 Å². The lowest BCUT2D eigenvalue weighted by molar-refractivity contribution is -0.158. The summed E-state index contributed by atoms with van der Waals surface area (Å²) < 4.78 is 16.6. The third-order valence-electron chi connectivity index (χ3n) is 3.94. The molecule has 0 aliphatic carbocycles. The zero-order valence-electron chi connectivity index (χ0n) is 18.3. The molecule has 1 atom stereocenters. The van der Waals surface area contributed by atoms with E-state index in [0.29, 0.717) is 32.5 Å². The van der Waals surface area contributed by atoms with Gasteiger partial charge in [0, 0.05) is 44.6 Å². The minimum Gasteiger partial charge on any atom is -0.465 e. The maximum atomic E-state index is 11.8. The average molecular weight is 408 g/mol. The zero-order valence-corrected chi connectivity index (χ0v) is 18.3. The Morgan fingerprint density at radius 1 is 0.931 bits per heavy atom. The summed E-state index contributed by atoms with van der Waals surface area (Å²) in [6.07, 6.45) is 7.76. The summed E-state index contributed by atoms with van der Waals surface area (Å²) in [5.74, 6) is 11.8. The Labute approximate surface area is 177 Å². The predicted octanol–water partition coefficient (Wildman–Crippen LogP) is 4.28. The summed E-state index contributed by atoms with van der Waals surface area (Å²) in [6.45, 7) is 8.90. The van der Waals surface area contributed by atoms with Gasteiger partial charge in [0.15, 0.2) is 6.29 Å². The standard InChI is InChI=1S/C24H39O5/c1-4-6-8-10-12-14-18-27-24(28-19-15-13-11-9-7-5-2)17-16-23(26)29-21-22(3)20-25/h22,24-25H,3-9,14-21H2,1-2H3. The van der Waals surface area contributed by atoms with E-state index in [-0.39, 0.29) is 31.5 Å². The summed E-state index contributed by atoms with van der Waals surface area (Å²) in [7, 11) is 0. The summed E-state index contributed by atoms with van der Waals surface area (Å²) in [5, 5.41) is 8.93. The zero-order chi connectivity index (χ0) is 21.6. The average Bonchev–Trinajstić information content (AvgIpc) is 2.73. The quantitative estimate of drug-likeness (QED) is 0.179. The molecule has 0 saturated carbocycles. The van der Waals surface area contributed by atoms with Gasteiger partial charge < -0.3 is 19.3 Å². The molecule has 0 amide bonds. The molecular formula is C24H39O5. The van der Waals surface area contributed by atoms with Crippen molar-refractivity contribution in [3.05, 3.63) is 6.92 Å². The number of esters is 1. The van der Waals surface area contributed by atoms with Gasteiger partial charge in [0.2, 0.25) is 0 Å². The molecule has 165 valence electrons. The molecule has 0 aromatic carbocycles. The Hall–Kier alpha value is -1.53. The first-order valence-corrected chi connectivity index (χ1v) is 10.9. The van der Waals surface area contributed by atoms with Gasteiger partial charge in [-0.2, -0.15) is 0 Å². The number of unbranched alkanes of at least 4 members (excludes halogenated alkanes) is 4. The first-order chi connectivity index (χ1) is 14.1. The highest BCUT2D eigenvalue weighted by Gasteiger charge is 2.14. The van der Waals surface area contributed by atoms with E-state index < -0.39 is 6.29 Å². The number of ether oxygens (including phenoxy) is 3. The van der Waals surface area contributed by atoms with Gasteiger partial charge in [0.05, 0.1) is 26.2 Å². The van der Waals surface area contributed by atoms with Crippen molar-refractivity contribution < 1.29 is 24.1 Å². The van der Waals surface area contributed by atoms with Gasteiger partial charge in [-0.25, -0.2) is 0 Å². The summed E-state index contributed by atoms with van der Waals surface area (Å²) in [5.41, 5.74) is 0. The normalized spacial score (nSPS) is 11.3. The Balaban J connectivity index is 4.25. The van der Waals surface area contributed by atoms with E-state index in [2.05, 4.69) is 44.5 Å². The smallest absolute Gasteiger partial charge is 0.305 e. The maximum Gasteiger partial charge on any atom is 0.305 e. The Morgan fingerprint density at radius 3 is 1.93 bits per heavy atom. The van der Waals surface area contributed by atoms with Gasteiger partial charge in [-0.3, -0.25) is 4.79 Å². The van der Waals surface area contributed by atoms with Gasteiger partial charge in [-0.05, 0) is 19.8 Å². The van der Waals surface area contributed by atoms with Crippen molar-refractivity contribution in [3.8, 4) is 23.7 Å². The van der Waals surface area contributed by atoms with Crippen LogP contribution in [0.1, 0.15) is 78.1 Å². The van der Waals surface area contributed by atoms with Crippen LogP contribution in [0.15, 0.2) is 0 Å². The Bertz CT molecular complexity index is 477. The van der Waals surface area contributed by atoms with E-state index in [9.17, 15) is 4.79 Å². The largest absolute Gasteiger partial charge is 0.465 e. The van der Waals surface area contributed by atoms with Crippen molar-refractivity contribution in [2.45, 2.75) is 84.3 Å². The van der Waals surface area contributed by atoms with Gasteiger partial charge in [-0.1, -0.05) is 26.7 Å². The van der Waals surface area contributed by atoms with Gasteiger partial charge in [0.1, 0.15) is 0 Å². The molecule has 0 aliphatic heterocycles. The lowest BCUT2D eigenvalue weighted by atomic mass is 10.2. The fraction of sp³-hybridized carbons (Fsp3) is 0.750. The van der Waals surface area contributed by atoms with Crippen molar-refractivity contribution in [1.82, 2.24) is 0 Å². The van der Waals surface area contributed by atoms with Crippen molar-refractivity contribution in [2.24, 2.45) is 5.92 Å². The monoisotopic (exact) mass is 407 g/mol. The van der Waals surface area contributed by atoms with E-state index in [1.807, 2.05) is 0 Å². The second kappa shape index (κ2) is 21.2. The third kappa shape index (κ3) is 19.6. The molecule has 1 N–H and O–H groups in total. The molecule has 0 spiro atoms. The Kier molecular flexibility index (Phi) is 20.1. The van der Waals surface area contributed by atoms with E-state index in [0.717, 1.165) is 38.5 Å². The molecular weight excluding hydrogens is 368 g/mol. The van der Waals surface area contributed by atoms with Crippen molar-refractivity contribution in [3.63, 3.8) is 0 Å². The Morgan fingerprint density at radius 2 is 1.45 bits per heavy atom. The molecule has 0 aromatic rings. The van der Waals surface area contributed by atoms with E-state index in [1.165, 1.54) is 0 Å². The van der Waals surface area contributed by atoms with Crippen LogP contribution in [-0.2, 0) is 19.0 Å². The minimum absolute atomic E-state index is 0.110. The number of hydrogen-bond donors (Lipinski definition) is 1. The lowest BCUT2D eigenvalue weighted by Gasteiger charge is -2.17. The highest BCUT2D eigenvalue weighted by atomic mass is 16.7. The van der Waals surface area contributed by atoms with Gasteiger partial charge in [0.25, 0.3) is 0 Å². The van der Waals surface area contributed by atoms with Crippen molar-refractivity contribution >= 4 is 5.97 Å². The molecule has 1 radical (unpaired) electrons. The van der Waals surface area contributed by atoms with Gasteiger partial charge in [-0.15, -0.1) is 23.7 Å². The third-order valence-corrected chi connectivity index (χ3v) is 3.94. The molecule has 0 bridgehead atoms. The first kappa shape index (κ1) is 27.5. The molecule has 29 heavy (non-hydrogen) atoms. The van der Waals surface area contributed by atoms with Crippen molar-refractivity contribution in [1.29, 1.82) is 0 Å². The molecule has 5 heteroatoms. The number of carbonyl (C=O) groups is 1. The summed E-state index contributed by atoms with van der Waals surface area (Å²) in [6, 6.07) is 0. The fourth-order valence-corrected chi connectivity index (χ4v) is 2.15. The molecule has 0 aliphatic rings. The van der Waals surface area contributed by atoms with Crippen LogP contribution in [0, 0.1) is 36.5 Å². The second-order valence-electron chi connectivity index (χ2n) is 6.86. The van der Waals surface area contributed by atoms with Crippen LogP contribution < -0.4 is 0 Å². The molecule has 5 nitrogen and oxygen atoms in total. The molecule has 0 aromatic heterocycles. The van der Waals surface area contributed by atoms with Crippen LogP contribution in [0.25, 0.3) is 0 Å². The van der Waals surface area contributed by atoms with Crippen LogP contribution in [0.4, 0.5) is 0 Å². The number of aliphatic hydroxyl groups is 1. The SMILES string of the molecule is [CH2]C(CO)COC(=O)CCC(OCCC#CCCCC)OCCC#CCCCC. The molecule has 0 fully saturated rings. The van der Waals surface area contributed by atoms with Crippen LogP contribution in [-0.4, -0.2) is 43.8 Å². The maximum absolute atomic E-state index is 11.8. The first-order valence-electron chi connectivity index (χ1n) is 10.9. The number of hydrogen-bond acceptors (Lipinski definition) is 5. The van der Waals surface area contributed by atoms with Crippen LogP contribution >= 0.6 is 0 Å². The molecule has 0 rings (SSSR count). The van der Waals surface area contributed by atoms with Crippen LogP contribution in [0.2, 0.25) is 0 Å². The predicted molar refractivity (Wildman–Crippen MR) is 116 cm³/mol. The van der Waals surface area contributed by atoms with Crippen LogP contribution in [0.5, 0.6) is 0 Å². The summed E-state index contributed by atoms with van der Waals surface area (Å²) >= 11 is 0. The fourth-order valence-electron chi connectivity index (χ4n) is 2.15. The number of carbonyl (C=O) groups excluding carboxylic acids is 1. The highest BCUT2D eigenvalue weighted by molar-refractivity contribution is 5.69. The molecule has 1 unspecified atom stereocenters. The number of rotatable bonds is 16. The van der Waals surface area contributed by atoms with E-state index >= 15 is 0 Å². The second-order valence-corrected chi connectivity index (χ2v) is 6.86. The number of aliphatic hydroxyl groups excluding tert-OH is 1. The van der Waals surface area contributed by atoms with Crippen molar-refractivity contribution in [2.75, 3.05) is 26.4 Å². The minimum atomic E-state index is -0.481. The lowest BCUT2D eigenvalue weighted by Crippen LogP contribution is -2.21. The van der Waals surface area contributed by atoms with E-state index in [4.69, 9.17) is 19.3 Å². The summed E-state index contributed by atoms with van der Waals surface area (Å²) in [4.78, 5) is 11.8. The van der Waals surface area contributed by atoms with Crippen LogP contribution in [0.3, 0.4) is 0 Å². The molecule has 0 saturated heterocycles. The molecule has 0 heterocycles. The topological polar surface area (TPSA) is 65.0 Å². The van der Waals surface area contributed by atoms with Gasteiger partial charge >= 0.3 is 5.97 Å².